The van der Waals surface area contributed by atoms with Gasteiger partial charge in [0.05, 0.1) is 0 Å². The second kappa shape index (κ2) is 9.08. The van der Waals surface area contributed by atoms with E-state index in [9.17, 15) is 4.79 Å². The van der Waals surface area contributed by atoms with Gasteiger partial charge in [-0.15, -0.1) is 0 Å². The van der Waals surface area contributed by atoms with Gasteiger partial charge in [0.15, 0.2) is 5.96 Å². The Labute approximate surface area is 154 Å². The van der Waals surface area contributed by atoms with Crippen molar-refractivity contribution in [1.82, 2.24) is 20.1 Å². The quantitative estimate of drug-likeness (QED) is 0.613. The summed E-state index contributed by atoms with van der Waals surface area (Å²) in [5.74, 6) is 0.757. The maximum absolute atomic E-state index is 12.5. The highest BCUT2D eigenvalue weighted by Crippen LogP contribution is 2.18. The number of aliphatic imine (C=N–C) groups is 1. The van der Waals surface area contributed by atoms with E-state index in [1.807, 2.05) is 42.4 Å². The zero-order valence-electron chi connectivity index (χ0n) is 15.3. The summed E-state index contributed by atoms with van der Waals surface area (Å²) in [6, 6.07) is 12.4. The summed E-state index contributed by atoms with van der Waals surface area (Å²) < 4.78 is 2.10. The largest absolute Gasteiger partial charge is 0.357 e. The molecule has 0 saturated carbocycles. The van der Waals surface area contributed by atoms with Crippen LogP contribution in [-0.4, -0.2) is 47.5 Å². The first-order valence-electron chi connectivity index (χ1n) is 9.23. The molecule has 0 fully saturated rings. The summed E-state index contributed by atoms with van der Waals surface area (Å²) >= 11 is 0. The molecule has 0 atom stereocenters. The average molecular weight is 353 g/mol. The Hall–Kier alpha value is -2.76. The van der Waals surface area contributed by atoms with Crippen molar-refractivity contribution in [3.8, 4) is 0 Å². The molecule has 3 rings (SSSR count). The molecule has 1 aromatic carbocycles. The van der Waals surface area contributed by atoms with Gasteiger partial charge < -0.3 is 20.1 Å². The first-order chi connectivity index (χ1) is 12.8. The number of carbonyl (C=O) groups is 1. The van der Waals surface area contributed by atoms with Crippen LogP contribution < -0.4 is 10.6 Å². The molecular weight excluding hydrogens is 326 g/mol. The number of hydrogen-bond donors (Lipinski definition) is 2. The Bertz CT molecular complexity index is 738. The van der Waals surface area contributed by atoms with Crippen molar-refractivity contribution < 1.29 is 4.79 Å². The molecule has 26 heavy (non-hydrogen) atoms. The van der Waals surface area contributed by atoms with Gasteiger partial charge >= 0.3 is 0 Å². The molecule has 2 aromatic rings. The van der Waals surface area contributed by atoms with Gasteiger partial charge in [-0.3, -0.25) is 4.79 Å². The topological polar surface area (TPSA) is 61.7 Å². The van der Waals surface area contributed by atoms with Gasteiger partial charge in [-0.05, 0) is 36.6 Å². The van der Waals surface area contributed by atoms with Crippen LogP contribution >= 0.6 is 0 Å². The number of carbonyl (C=O) groups excluding carboxylic acids is 1. The van der Waals surface area contributed by atoms with E-state index in [2.05, 4.69) is 38.4 Å². The van der Waals surface area contributed by atoms with E-state index in [1.165, 1.54) is 11.1 Å². The van der Waals surface area contributed by atoms with Crippen LogP contribution in [0.2, 0.25) is 0 Å². The minimum atomic E-state index is 0.0714. The van der Waals surface area contributed by atoms with Crippen molar-refractivity contribution in [3.05, 3.63) is 59.9 Å². The Morgan fingerprint density at radius 3 is 2.65 bits per heavy atom. The van der Waals surface area contributed by atoms with E-state index < -0.39 is 0 Å². The second-order valence-electron chi connectivity index (χ2n) is 6.38. The van der Waals surface area contributed by atoms with E-state index in [0.717, 1.165) is 32.6 Å². The van der Waals surface area contributed by atoms with Gasteiger partial charge in [-0.25, -0.2) is 4.99 Å². The van der Waals surface area contributed by atoms with Gasteiger partial charge in [0.25, 0.3) is 0 Å². The van der Waals surface area contributed by atoms with Crippen molar-refractivity contribution >= 4 is 11.9 Å². The molecule has 6 nitrogen and oxygen atoms in total. The predicted molar refractivity (Wildman–Crippen MR) is 104 cm³/mol. The van der Waals surface area contributed by atoms with Gasteiger partial charge in [0.1, 0.15) is 6.54 Å². The van der Waals surface area contributed by atoms with Gasteiger partial charge in [-0.2, -0.15) is 0 Å². The molecular formula is C20H27N5O. The van der Waals surface area contributed by atoms with E-state index in [1.54, 1.807) is 0 Å². The molecule has 0 saturated heterocycles. The maximum atomic E-state index is 12.5. The molecule has 1 amide bonds. The maximum Gasteiger partial charge on any atom is 0.244 e. The lowest BCUT2D eigenvalue weighted by Crippen LogP contribution is -2.41. The van der Waals surface area contributed by atoms with Crippen molar-refractivity contribution in [2.45, 2.75) is 26.4 Å². The lowest BCUT2D eigenvalue weighted by Gasteiger charge is -2.28. The third-order valence-electron chi connectivity index (χ3n) is 4.53. The number of aromatic nitrogens is 1. The van der Waals surface area contributed by atoms with Crippen LogP contribution in [0.25, 0.3) is 0 Å². The van der Waals surface area contributed by atoms with Crippen LogP contribution in [0.1, 0.15) is 18.1 Å². The normalized spacial score (nSPS) is 14.0. The number of nitrogens with zero attached hydrogens (tertiary/aromatic N) is 3. The second-order valence-corrected chi connectivity index (χ2v) is 6.38. The fourth-order valence-electron chi connectivity index (χ4n) is 3.12. The molecule has 2 N–H and O–H groups in total. The Balaban J connectivity index is 1.51. The summed E-state index contributed by atoms with van der Waals surface area (Å²) in [4.78, 5) is 18.9. The van der Waals surface area contributed by atoms with E-state index in [0.29, 0.717) is 12.5 Å². The van der Waals surface area contributed by atoms with Crippen LogP contribution in [0.4, 0.5) is 0 Å². The smallest absolute Gasteiger partial charge is 0.244 e. The first-order valence-corrected chi connectivity index (χ1v) is 9.23. The van der Waals surface area contributed by atoms with E-state index >= 15 is 0 Å². The minimum Gasteiger partial charge on any atom is -0.357 e. The number of fused-ring (bicyclic) bond motifs is 1. The van der Waals surface area contributed by atoms with Crippen LogP contribution in [0.15, 0.2) is 53.8 Å². The average Bonchev–Trinajstić information content (AvgIpc) is 3.19. The van der Waals surface area contributed by atoms with E-state index in [-0.39, 0.29) is 12.5 Å². The SMILES string of the molecule is CCNC(=NCC(=O)N1CCc2ccccc2C1)NCCn1cccc1. The standard InChI is InChI=1S/C20H27N5O/c1-2-21-20(22-10-14-24-11-5-6-12-24)23-15-19(26)25-13-9-17-7-3-4-8-18(17)16-25/h3-8,11-12H,2,9-10,13-16H2,1H3,(H2,21,22,23). The third kappa shape index (κ3) is 4.88. The summed E-state index contributed by atoms with van der Waals surface area (Å²) in [6.07, 6.45) is 4.98. The van der Waals surface area contributed by atoms with Gasteiger partial charge in [0.2, 0.25) is 5.91 Å². The fourth-order valence-corrected chi connectivity index (χ4v) is 3.12. The number of nitrogens with one attached hydrogen (secondary N) is 2. The third-order valence-corrected chi connectivity index (χ3v) is 4.53. The fraction of sp³-hybridized carbons (Fsp3) is 0.400. The molecule has 1 aliphatic rings. The number of guanidine groups is 1. The molecule has 0 spiro atoms. The van der Waals surface area contributed by atoms with Gasteiger partial charge in [-0.1, -0.05) is 24.3 Å². The van der Waals surface area contributed by atoms with Crippen molar-refractivity contribution in [2.24, 2.45) is 4.99 Å². The zero-order chi connectivity index (χ0) is 18.2. The van der Waals surface area contributed by atoms with Crippen molar-refractivity contribution in [2.75, 3.05) is 26.2 Å². The highest BCUT2D eigenvalue weighted by Gasteiger charge is 2.19. The lowest BCUT2D eigenvalue weighted by atomic mass is 10.00. The number of amides is 1. The molecule has 0 unspecified atom stereocenters. The number of benzene rings is 1. The lowest BCUT2D eigenvalue weighted by molar-refractivity contribution is -0.130. The highest BCUT2D eigenvalue weighted by atomic mass is 16.2. The molecule has 0 bridgehead atoms. The highest BCUT2D eigenvalue weighted by molar-refractivity contribution is 5.85. The number of hydrogen-bond acceptors (Lipinski definition) is 2. The van der Waals surface area contributed by atoms with Crippen LogP contribution in [-0.2, 0) is 24.3 Å². The Morgan fingerprint density at radius 2 is 1.88 bits per heavy atom. The minimum absolute atomic E-state index is 0.0714. The summed E-state index contributed by atoms with van der Waals surface area (Å²) in [7, 11) is 0. The molecule has 1 aliphatic heterocycles. The van der Waals surface area contributed by atoms with Crippen LogP contribution in [0.3, 0.4) is 0 Å². The van der Waals surface area contributed by atoms with Gasteiger partial charge in [0, 0.05) is 45.1 Å². The predicted octanol–water partition coefficient (Wildman–Crippen LogP) is 1.63. The van der Waals surface area contributed by atoms with Crippen molar-refractivity contribution in [3.63, 3.8) is 0 Å². The molecule has 0 aliphatic carbocycles. The molecule has 138 valence electrons. The first kappa shape index (κ1) is 18.0. The molecule has 2 heterocycles. The number of rotatable bonds is 6. The summed E-state index contributed by atoms with van der Waals surface area (Å²) in [5, 5.41) is 6.48. The molecule has 0 radical (unpaired) electrons. The monoisotopic (exact) mass is 353 g/mol. The summed E-state index contributed by atoms with van der Waals surface area (Å²) in [5.41, 5.74) is 2.59. The van der Waals surface area contributed by atoms with Crippen LogP contribution in [0, 0.1) is 0 Å². The summed E-state index contributed by atoms with van der Waals surface area (Å²) in [6.45, 7) is 6.01. The zero-order valence-corrected chi connectivity index (χ0v) is 15.3. The Kier molecular flexibility index (Phi) is 6.30. The van der Waals surface area contributed by atoms with Crippen LogP contribution in [0.5, 0.6) is 0 Å². The Morgan fingerprint density at radius 1 is 1.12 bits per heavy atom. The van der Waals surface area contributed by atoms with Crippen molar-refractivity contribution in [1.29, 1.82) is 0 Å². The van der Waals surface area contributed by atoms with E-state index in [4.69, 9.17) is 0 Å². The molecule has 1 aromatic heterocycles. The molecule has 6 heteroatoms.